The summed E-state index contributed by atoms with van der Waals surface area (Å²) in [6.07, 6.45) is 5.26. The standard InChI is InChI=1S/C58H88N8O15.C2H6/c1-11-13-14-15-19-28-59-32-58(78)27-26-44(68)60-30-45(69)79-31-42-57(77)80-37(8)48(64-51(71)35(6)50(70)33(3)4)55(75)62-46(34(5)12-2)53(73)65-49(40-22-24-41(25-23-40)81-38(58)9)56(76)66(10)43(29-39-20-17-16-18-21-39)52(72)63-47(36(7)67)54(74)61-42;1-2/h16-18,20-22,24,26-27,33-38,42-43,46-50,59,67,70,78H,11-15,19,23,25,28-32H2,1-10H3,(H,60,68)(H,61,74)(H,62,75)(H,63,72)(H,64,71)(H,65,73);1-2H3/b27-26+;/t34-,35+,36+,37+,38+,42-,43-,46+,47+,48-,49-,50+,58-;/m0./s1. The molecule has 0 aromatic heterocycles. The third kappa shape index (κ3) is 21.5. The highest BCUT2D eigenvalue weighted by Crippen LogP contribution is 2.28. The Bertz CT molecular complexity index is 2430. The summed E-state index contributed by atoms with van der Waals surface area (Å²) in [5.74, 6) is -10.7. The SMILES string of the molecule is CC.CCCCCCCNC[C@@]1(O)/C=C/C(=O)NCC(=O)OC[C@@H]2NC(=O)[C@@H]([C@@H](C)O)NC(=O)[C@H](Cc3ccccc3)N(C)C(=O)[C@@H](NC(=O)[C@@H]([C@@H](C)CC)NC(=O)[C@@H](NC(=O)[C@H](C)[C@H](O)C(C)C)[C@@H](C)OC2=O)C2=CC=C(CC2)O[C@@H]1C. The van der Waals surface area contributed by atoms with E-state index >= 15 is 4.79 Å². The lowest BCUT2D eigenvalue weighted by molar-refractivity contribution is -0.160. The fourth-order valence-corrected chi connectivity index (χ4v) is 9.37. The summed E-state index contributed by atoms with van der Waals surface area (Å²) in [5.41, 5.74) is -0.895. The topological polar surface area (TPSA) is 329 Å². The van der Waals surface area contributed by atoms with Crippen molar-refractivity contribution in [1.82, 2.24) is 42.1 Å². The van der Waals surface area contributed by atoms with E-state index < -0.39 is 150 Å². The van der Waals surface area contributed by atoms with Crippen LogP contribution in [0.15, 0.2) is 66.0 Å². The van der Waals surface area contributed by atoms with E-state index in [1.807, 2.05) is 13.8 Å². The van der Waals surface area contributed by atoms with Gasteiger partial charge in [-0.25, -0.2) is 4.79 Å². The molecule has 0 unspecified atom stereocenters. The van der Waals surface area contributed by atoms with Crippen LogP contribution in [0.4, 0.5) is 0 Å². The lowest BCUT2D eigenvalue weighted by Gasteiger charge is -2.35. The zero-order valence-electron chi connectivity index (χ0n) is 50.6. The highest BCUT2D eigenvalue weighted by Gasteiger charge is 2.43. The lowest BCUT2D eigenvalue weighted by atomic mass is 9.92. The molecule has 1 saturated heterocycles. The Labute approximate surface area is 489 Å². The molecule has 10 N–H and O–H groups in total. The quantitative estimate of drug-likeness (QED) is 0.0789. The molecule has 0 radical (unpaired) electrons. The number of aliphatic hydroxyl groups is 3. The number of rotatable bonds is 17. The largest absolute Gasteiger partial charge is 0.492 e. The van der Waals surface area contributed by atoms with Gasteiger partial charge in [-0.05, 0) is 75.3 Å². The zero-order chi connectivity index (χ0) is 62.1. The van der Waals surface area contributed by atoms with Crippen molar-refractivity contribution in [3.63, 3.8) is 0 Å². The number of nitrogens with one attached hydrogen (secondary N) is 7. The Kier molecular flexibility index (Phi) is 29.6. The maximum Gasteiger partial charge on any atom is 0.332 e. The summed E-state index contributed by atoms with van der Waals surface area (Å²) in [4.78, 5) is 130. The van der Waals surface area contributed by atoms with Gasteiger partial charge in [0.15, 0.2) is 6.04 Å². The van der Waals surface area contributed by atoms with Crippen LogP contribution in [0.2, 0.25) is 0 Å². The van der Waals surface area contributed by atoms with Crippen LogP contribution in [0.1, 0.15) is 133 Å². The molecule has 23 nitrogen and oxygen atoms in total. The predicted octanol–water partition coefficient (Wildman–Crippen LogP) is 2.06. The summed E-state index contributed by atoms with van der Waals surface area (Å²) >= 11 is 0. The number of nitrogens with zero attached hydrogens (tertiary/aromatic N) is 1. The van der Waals surface area contributed by atoms with Crippen molar-refractivity contribution >= 4 is 53.3 Å². The number of amides is 7. The monoisotopic (exact) mass is 1170 g/mol. The number of hydrogen-bond donors (Lipinski definition) is 10. The number of unbranched alkanes of at least 4 members (excludes halogenated alkanes) is 4. The second-order valence-electron chi connectivity index (χ2n) is 21.9. The molecule has 3 aliphatic heterocycles. The number of fused-ring (bicyclic) bond motifs is 11. The maximum atomic E-state index is 15.4. The molecule has 1 aromatic carbocycles. The fourth-order valence-electron chi connectivity index (χ4n) is 9.37. The summed E-state index contributed by atoms with van der Waals surface area (Å²) in [7, 11) is 1.34. The zero-order valence-corrected chi connectivity index (χ0v) is 50.6. The summed E-state index contributed by atoms with van der Waals surface area (Å²) in [6.45, 7) is 17.1. The van der Waals surface area contributed by atoms with E-state index in [-0.39, 0.29) is 25.8 Å². The maximum absolute atomic E-state index is 15.4. The van der Waals surface area contributed by atoms with Crippen LogP contribution >= 0.6 is 0 Å². The van der Waals surface area contributed by atoms with Gasteiger partial charge >= 0.3 is 11.9 Å². The first-order valence-corrected chi connectivity index (χ1v) is 29.3. The van der Waals surface area contributed by atoms with Gasteiger partial charge in [-0.1, -0.05) is 124 Å². The van der Waals surface area contributed by atoms with Crippen LogP contribution in [-0.4, -0.2) is 173 Å². The first-order valence-electron chi connectivity index (χ1n) is 29.3. The van der Waals surface area contributed by atoms with Gasteiger partial charge in [0.1, 0.15) is 61.2 Å². The van der Waals surface area contributed by atoms with Crippen molar-refractivity contribution in [3.05, 3.63) is 71.5 Å². The first kappa shape index (κ1) is 70.6. The molecule has 1 fully saturated rings. The Morgan fingerprint density at radius 3 is 2.07 bits per heavy atom. The van der Waals surface area contributed by atoms with Gasteiger partial charge in [-0.2, -0.15) is 0 Å². The molecule has 7 amide bonds. The molecule has 5 rings (SSSR count). The number of carbonyl (C=O) groups excluding carboxylic acids is 9. The molecule has 0 saturated carbocycles. The number of benzene rings is 1. The van der Waals surface area contributed by atoms with Crippen molar-refractivity contribution in [2.24, 2.45) is 17.8 Å². The van der Waals surface area contributed by atoms with Crippen molar-refractivity contribution in [1.29, 1.82) is 0 Å². The molecular formula is C60H94N8O15. The predicted molar refractivity (Wildman–Crippen MR) is 310 cm³/mol. The molecule has 0 spiro atoms. The van der Waals surface area contributed by atoms with Crippen molar-refractivity contribution < 1.29 is 72.7 Å². The van der Waals surface area contributed by atoms with Crippen LogP contribution in [0, 0.1) is 17.8 Å². The highest BCUT2D eigenvalue weighted by molar-refractivity contribution is 5.99. The van der Waals surface area contributed by atoms with Crippen LogP contribution in [0.25, 0.3) is 0 Å². The molecular weight excluding hydrogens is 1070 g/mol. The Balaban J connectivity index is 0.00000893. The number of carbonyl (C=O) groups is 9. The van der Waals surface area contributed by atoms with Gasteiger partial charge in [-0.15, -0.1) is 0 Å². The van der Waals surface area contributed by atoms with Gasteiger partial charge in [0.05, 0.1) is 23.9 Å². The molecule has 464 valence electrons. The molecule has 1 aliphatic carbocycles. The summed E-state index contributed by atoms with van der Waals surface area (Å²) < 4.78 is 17.6. The van der Waals surface area contributed by atoms with Gasteiger partial charge in [0, 0.05) is 32.5 Å². The fraction of sp³-hybridized carbons (Fsp3) is 0.650. The van der Waals surface area contributed by atoms with Gasteiger partial charge in [0.25, 0.3) is 0 Å². The van der Waals surface area contributed by atoms with Gasteiger partial charge in [0.2, 0.25) is 41.4 Å². The number of cyclic esters (lactones) is 1. The number of aliphatic hydroxyl groups excluding tert-OH is 2. The second kappa shape index (κ2) is 34.8. The minimum absolute atomic E-state index is 0.0477. The van der Waals surface area contributed by atoms with Crippen molar-refractivity contribution in [3.8, 4) is 0 Å². The molecule has 23 heteroatoms. The van der Waals surface area contributed by atoms with Crippen LogP contribution in [0.5, 0.6) is 0 Å². The molecule has 4 aliphatic rings. The first-order chi connectivity index (χ1) is 39.3. The van der Waals surface area contributed by atoms with E-state index in [1.54, 1.807) is 77.1 Å². The van der Waals surface area contributed by atoms with E-state index in [0.29, 0.717) is 29.9 Å². The molecule has 83 heavy (non-hydrogen) atoms. The van der Waals surface area contributed by atoms with E-state index in [4.69, 9.17) is 14.2 Å². The van der Waals surface area contributed by atoms with E-state index in [1.165, 1.54) is 33.9 Å². The van der Waals surface area contributed by atoms with Crippen LogP contribution in [-0.2, 0) is 63.8 Å². The number of allylic oxidation sites excluding steroid dienone is 3. The van der Waals surface area contributed by atoms with Gasteiger partial charge in [-0.3, -0.25) is 38.4 Å². The number of hydrogen-bond acceptors (Lipinski definition) is 16. The highest BCUT2D eigenvalue weighted by atomic mass is 16.6. The van der Waals surface area contributed by atoms with E-state index in [9.17, 15) is 53.7 Å². The number of likely N-dealkylation sites (N-methyl/N-ethyl adjacent to an activating group) is 1. The third-order valence-corrected chi connectivity index (χ3v) is 15.1. The average Bonchev–Trinajstić information content (AvgIpc) is 3.58. The number of ether oxygens (including phenoxy) is 3. The minimum atomic E-state index is -1.96. The van der Waals surface area contributed by atoms with Crippen LogP contribution in [0.3, 0.4) is 0 Å². The normalized spacial score (nSPS) is 27.5. The second-order valence-corrected chi connectivity index (χ2v) is 21.9. The lowest BCUT2D eigenvalue weighted by Crippen LogP contribution is -2.62. The molecule has 1 aromatic rings. The van der Waals surface area contributed by atoms with Gasteiger partial charge < -0.3 is 71.6 Å². The number of esters is 2. The molecule has 4 bridgehead atoms. The summed E-state index contributed by atoms with van der Waals surface area (Å²) in [5, 5.41) is 52.8. The van der Waals surface area contributed by atoms with Crippen molar-refractivity contribution in [2.45, 2.75) is 200 Å². The minimum Gasteiger partial charge on any atom is -0.492 e. The smallest absolute Gasteiger partial charge is 0.332 e. The summed E-state index contributed by atoms with van der Waals surface area (Å²) in [6, 6.07) is -1.40. The Morgan fingerprint density at radius 1 is 0.807 bits per heavy atom. The average molecular weight is 1170 g/mol. The molecule has 13 atom stereocenters. The Hall–Kier alpha value is -6.69. The van der Waals surface area contributed by atoms with E-state index in [0.717, 1.165) is 43.1 Å². The Morgan fingerprint density at radius 2 is 1.46 bits per heavy atom. The van der Waals surface area contributed by atoms with Crippen molar-refractivity contribution in [2.75, 3.05) is 33.3 Å². The molecule has 3 heterocycles. The van der Waals surface area contributed by atoms with E-state index in [2.05, 4.69) is 44.1 Å². The third-order valence-electron chi connectivity index (χ3n) is 15.1. The van der Waals surface area contributed by atoms with Crippen LogP contribution < -0.4 is 37.2 Å².